The third-order valence-electron chi connectivity index (χ3n) is 4.84. The lowest BCUT2D eigenvalue weighted by Crippen LogP contribution is -2.29. The first kappa shape index (κ1) is 12.6. The van der Waals surface area contributed by atoms with Gasteiger partial charge in [-0.15, -0.1) is 0 Å². The second kappa shape index (κ2) is 4.32. The van der Waals surface area contributed by atoms with E-state index in [0.29, 0.717) is 16.3 Å². The maximum Gasteiger partial charge on any atom is 0.266 e. The Bertz CT molecular complexity index is 1230. The van der Waals surface area contributed by atoms with Crippen molar-refractivity contribution in [2.45, 2.75) is 19.4 Å². The summed E-state index contributed by atoms with van der Waals surface area (Å²) in [5.41, 5.74) is 3.15. The maximum absolute atomic E-state index is 13.1. The molecule has 1 aliphatic rings. The second-order valence-electron chi connectivity index (χ2n) is 6.06. The number of aromatic nitrogens is 2. The zero-order chi connectivity index (χ0) is 15.6. The zero-order valence-corrected chi connectivity index (χ0v) is 12.5. The summed E-state index contributed by atoms with van der Waals surface area (Å²) < 4.78 is 3.86. The minimum Gasteiger partial charge on any atom is -0.326 e. The van der Waals surface area contributed by atoms with Gasteiger partial charge in [0.05, 0.1) is 16.4 Å². The van der Waals surface area contributed by atoms with Gasteiger partial charge in [0.1, 0.15) is 5.65 Å². The Morgan fingerprint density at radius 2 is 1.52 bits per heavy atom. The molecule has 2 aromatic heterocycles. The highest BCUT2D eigenvalue weighted by atomic mass is 16.1. The SMILES string of the molecule is O=c1c2c3n(c4ccccc4c(=O)n3c3ccccc13)CCC2. The molecule has 0 N–H and O–H groups in total. The third-order valence-corrected chi connectivity index (χ3v) is 4.84. The van der Waals surface area contributed by atoms with Crippen LogP contribution in [0.15, 0.2) is 58.1 Å². The van der Waals surface area contributed by atoms with Gasteiger partial charge in [-0.2, -0.15) is 0 Å². The zero-order valence-electron chi connectivity index (χ0n) is 12.5. The molecule has 0 saturated carbocycles. The smallest absolute Gasteiger partial charge is 0.266 e. The summed E-state index contributed by atoms with van der Waals surface area (Å²) in [5, 5.41) is 1.32. The van der Waals surface area contributed by atoms with Crippen LogP contribution >= 0.6 is 0 Å². The largest absolute Gasteiger partial charge is 0.326 e. The third kappa shape index (κ3) is 1.50. The van der Waals surface area contributed by atoms with Crippen LogP contribution in [0.2, 0.25) is 0 Å². The molecule has 0 spiro atoms. The summed E-state index contributed by atoms with van der Waals surface area (Å²) in [7, 11) is 0. The Hall–Kier alpha value is -2.88. The minimum absolute atomic E-state index is 0.0498. The highest BCUT2D eigenvalue weighted by molar-refractivity contribution is 5.88. The first-order chi connectivity index (χ1) is 11.3. The number of aryl methyl sites for hydroxylation is 2. The number of fused-ring (bicyclic) bond motifs is 4. The van der Waals surface area contributed by atoms with E-state index < -0.39 is 0 Å². The van der Waals surface area contributed by atoms with Gasteiger partial charge in [-0.3, -0.25) is 14.0 Å². The first-order valence-electron chi connectivity index (χ1n) is 7.85. The predicted molar refractivity (Wildman–Crippen MR) is 91.3 cm³/mol. The number of hydrogen-bond donors (Lipinski definition) is 0. The summed E-state index contributed by atoms with van der Waals surface area (Å²) in [5.74, 6) is 0. The van der Waals surface area contributed by atoms with Crippen LogP contribution in [0.4, 0.5) is 0 Å². The van der Waals surface area contributed by atoms with E-state index in [1.807, 2.05) is 48.5 Å². The van der Waals surface area contributed by atoms with Gasteiger partial charge in [0.2, 0.25) is 0 Å². The summed E-state index contributed by atoms with van der Waals surface area (Å²) in [6.07, 6.45) is 1.65. The normalized spacial score (nSPS) is 13.9. The number of rotatable bonds is 0. The molecule has 0 radical (unpaired) electrons. The van der Waals surface area contributed by atoms with Crippen molar-refractivity contribution in [1.29, 1.82) is 0 Å². The Morgan fingerprint density at radius 1 is 0.826 bits per heavy atom. The molecule has 1 aliphatic heterocycles. The molecule has 0 amide bonds. The van der Waals surface area contributed by atoms with Gasteiger partial charge in [0.25, 0.3) is 5.56 Å². The molecule has 2 aromatic carbocycles. The summed E-state index contributed by atoms with van der Waals surface area (Å²) in [6, 6.07) is 15.0. The van der Waals surface area contributed by atoms with E-state index in [1.54, 1.807) is 4.40 Å². The van der Waals surface area contributed by atoms with E-state index in [1.165, 1.54) is 0 Å². The lowest BCUT2D eigenvalue weighted by molar-refractivity contribution is 0.630. The van der Waals surface area contributed by atoms with E-state index in [9.17, 15) is 9.59 Å². The van der Waals surface area contributed by atoms with Crippen LogP contribution in [-0.4, -0.2) is 8.97 Å². The van der Waals surface area contributed by atoms with Crippen molar-refractivity contribution in [2.75, 3.05) is 0 Å². The molecular formula is C19H14N2O2. The van der Waals surface area contributed by atoms with Crippen LogP contribution in [-0.2, 0) is 13.0 Å². The lowest BCUT2D eigenvalue weighted by Gasteiger charge is -2.23. The fourth-order valence-electron chi connectivity index (χ4n) is 3.85. The van der Waals surface area contributed by atoms with Gasteiger partial charge >= 0.3 is 0 Å². The van der Waals surface area contributed by atoms with Crippen LogP contribution in [0, 0.1) is 0 Å². The van der Waals surface area contributed by atoms with Crippen molar-refractivity contribution < 1.29 is 0 Å². The molecule has 112 valence electrons. The molecule has 4 aromatic rings. The molecule has 0 unspecified atom stereocenters. The van der Waals surface area contributed by atoms with Crippen molar-refractivity contribution in [1.82, 2.24) is 8.97 Å². The minimum atomic E-state index is -0.0498. The van der Waals surface area contributed by atoms with E-state index in [4.69, 9.17) is 0 Å². The molecule has 0 fully saturated rings. The molecule has 0 atom stereocenters. The Labute approximate surface area is 131 Å². The van der Waals surface area contributed by atoms with Gasteiger partial charge in [-0.1, -0.05) is 24.3 Å². The quantitative estimate of drug-likeness (QED) is 0.370. The van der Waals surface area contributed by atoms with Gasteiger partial charge in [0.15, 0.2) is 5.43 Å². The van der Waals surface area contributed by atoms with Gasteiger partial charge in [-0.05, 0) is 37.1 Å². The molecule has 3 heterocycles. The van der Waals surface area contributed by atoms with E-state index in [0.717, 1.165) is 36.1 Å². The average Bonchev–Trinajstić information content (AvgIpc) is 2.61. The van der Waals surface area contributed by atoms with E-state index in [2.05, 4.69) is 4.57 Å². The second-order valence-corrected chi connectivity index (χ2v) is 6.06. The van der Waals surface area contributed by atoms with E-state index >= 15 is 0 Å². The summed E-state index contributed by atoms with van der Waals surface area (Å²) in [6.45, 7) is 0.828. The predicted octanol–water partition coefficient (Wildman–Crippen LogP) is 2.71. The summed E-state index contributed by atoms with van der Waals surface area (Å²) >= 11 is 0. The van der Waals surface area contributed by atoms with Crippen molar-refractivity contribution in [2.24, 2.45) is 0 Å². The number of benzene rings is 2. The summed E-state index contributed by atoms with van der Waals surface area (Å²) in [4.78, 5) is 26.0. The Balaban J connectivity index is 2.25. The fraction of sp³-hybridized carbons (Fsp3) is 0.158. The fourth-order valence-corrected chi connectivity index (χ4v) is 3.85. The van der Waals surface area contributed by atoms with Crippen LogP contribution in [0.1, 0.15) is 12.0 Å². The van der Waals surface area contributed by atoms with Crippen molar-refractivity contribution in [3.05, 3.63) is 74.7 Å². The molecule has 4 nitrogen and oxygen atoms in total. The first-order valence-corrected chi connectivity index (χ1v) is 7.85. The van der Waals surface area contributed by atoms with Crippen molar-refractivity contribution in [3.8, 4) is 0 Å². The number of pyridine rings is 1. The molecular weight excluding hydrogens is 288 g/mol. The molecule has 0 saturated heterocycles. The van der Waals surface area contributed by atoms with Crippen LogP contribution in [0.5, 0.6) is 0 Å². The standard InChI is InChI=1S/C19H14N2O2/c22-17-12-6-1-4-10-16(12)21-18-14(17)8-5-11-20(18)15-9-3-2-7-13(15)19(21)23/h1-4,6-7,9-10H,5,8,11H2. The van der Waals surface area contributed by atoms with Crippen LogP contribution in [0.25, 0.3) is 27.5 Å². The van der Waals surface area contributed by atoms with Gasteiger partial charge in [0, 0.05) is 17.5 Å². The maximum atomic E-state index is 13.1. The molecule has 0 bridgehead atoms. The number of hydrogen-bond acceptors (Lipinski definition) is 2. The topological polar surface area (TPSA) is 43.5 Å². The molecule has 0 aliphatic carbocycles. The Morgan fingerprint density at radius 3 is 2.35 bits per heavy atom. The van der Waals surface area contributed by atoms with Crippen molar-refractivity contribution in [3.63, 3.8) is 0 Å². The lowest BCUT2D eigenvalue weighted by atomic mass is 10.0. The highest BCUT2D eigenvalue weighted by Gasteiger charge is 2.21. The number of nitrogens with zero attached hydrogens (tertiary/aromatic N) is 2. The van der Waals surface area contributed by atoms with Gasteiger partial charge < -0.3 is 4.57 Å². The van der Waals surface area contributed by atoms with Gasteiger partial charge in [-0.25, -0.2) is 0 Å². The van der Waals surface area contributed by atoms with E-state index in [-0.39, 0.29) is 11.0 Å². The molecule has 23 heavy (non-hydrogen) atoms. The monoisotopic (exact) mass is 302 g/mol. The number of para-hydroxylation sites is 2. The average molecular weight is 302 g/mol. The van der Waals surface area contributed by atoms with Crippen molar-refractivity contribution >= 4 is 27.5 Å². The Kier molecular flexibility index (Phi) is 2.37. The van der Waals surface area contributed by atoms with Crippen LogP contribution in [0.3, 0.4) is 0 Å². The van der Waals surface area contributed by atoms with Crippen LogP contribution < -0.4 is 11.0 Å². The highest BCUT2D eigenvalue weighted by Crippen LogP contribution is 2.24. The molecule has 4 heteroatoms. The molecule has 5 rings (SSSR count).